The van der Waals surface area contributed by atoms with Gasteiger partial charge in [0, 0.05) is 151 Å². The molecule has 40 heteroatoms. The van der Waals surface area contributed by atoms with Gasteiger partial charge >= 0.3 is 36.6 Å². The molecule has 0 aliphatic carbocycles. The molecule has 0 bridgehead atoms. The van der Waals surface area contributed by atoms with Gasteiger partial charge in [-0.25, -0.2) is 11.1 Å². The quantitative estimate of drug-likeness (QED) is 0.0111. The molecule has 2 saturated heterocycles. The first-order valence-corrected chi connectivity index (χ1v) is 47.6. The number of H-pyrrole nitrogens is 1. The fraction of sp³-hybridized carbons (Fsp3) is 0.573. The van der Waals surface area contributed by atoms with E-state index in [1.807, 2.05) is 97.8 Å². The molecule has 8 amide bonds. The van der Waals surface area contributed by atoms with E-state index in [4.69, 9.17) is 40.3 Å². The van der Waals surface area contributed by atoms with E-state index in [0.29, 0.717) is 132 Å². The number of amides is 8. The summed E-state index contributed by atoms with van der Waals surface area (Å²) in [5.74, 6) is -8.16. The monoisotopic (exact) mass is 1970 g/mol. The molecule has 136 heavy (non-hydrogen) atoms. The molecule has 16 N–H and O–H groups in total. The minimum absolute atomic E-state index is 0. The maximum Gasteiger partial charge on any atom is 2.00 e. The van der Waals surface area contributed by atoms with Crippen LogP contribution >= 0.6 is 24.4 Å². The van der Waals surface area contributed by atoms with Crippen molar-refractivity contribution in [1.29, 1.82) is 0 Å². The number of para-hydroxylation sites is 2. The van der Waals surface area contributed by atoms with E-state index in [-0.39, 0.29) is 137 Å². The first kappa shape index (κ1) is 118. The summed E-state index contributed by atoms with van der Waals surface area (Å²) in [5, 5.41) is 56.3. The second-order valence-corrected chi connectivity index (χ2v) is 35.5. The number of fused-ring (bicyclic) bond motifs is 3. The number of aliphatic hydroxyl groups is 1. The van der Waals surface area contributed by atoms with Crippen molar-refractivity contribution in [2.45, 2.75) is 235 Å². The van der Waals surface area contributed by atoms with Gasteiger partial charge in [-0.15, -0.1) is 0 Å². The van der Waals surface area contributed by atoms with Gasteiger partial charge in [-0.3, -0.25) is 67.1 Å². The van der Waals surface area contributed by atoms with Gasteiger partial charge in [0.25, 0.3) is 0 Å². The van der Waals surface area contributed by atoms with Gasteiger partial charge in [-0.1, -0.05) is 104 Å². The molecular weight excluding hydrogens is 1840 g/mol. The molecule has 2 fully saturated rings. The molecule has 5 aromatic rings. The van der Waals surface area contributed by atoms with Gasteiger partial charge in [0.15, 0.2) is 23.1 Å². The number of nitrogens with two attached hydrogens (primary N) is 1. The van der Waals surface area contributed by atoms with E-state index in [0.717, 1.165) is 45.8 Å². The summed E-state index contributed by atoms with van der Waals surface area (Å²) in [7, 11) is 1.56. The predicted molar refractivity (Wildman–Crippen MR) is 510 cm³/mol. The van der Waals surface area contributed by atoms with Crippen molar-refractivity contribution in [3.05, 3.63) is 120 Å². The molecular formula is C96H136N12O25S2V. The molecule has 11 atom stereocenters. The number of ether oxygens (including phenoxy) is 5. The first-order valence-electron chi connectivity index (χ1n) is 46.0. The molecule has 0 spiro atoms. The van der Waals surface area contributed by atoms with Crippen molar-refractivity contribution in [3.63, 3.8) is 0 Å². The normalized spacial score (nSPS) is 15.4. The summed E-state index contributed by atoms with van der Waals surface area (Å²) in [6.45, 7) is 7.05. The van der Waals surface area contributed by atoms with E-state index in [1.165, 1.54) is 6.92 Å². The van der Waals surface area contributed by atoms with Crippen LogP contribution in [0.1, 0.15) is 180 Å². The Bertz CT molecular complexity index is 4640. The molecule has 1 radical (unpaired) electrons. The van der Waals surface area contributed by atoms with Crippen LogP contribution in [0.25, 0.3) is 27.4 Å². The van der Waals surface area contributed by atoms with Crippen LogP contribution < -0.4 is 58.3 Å². The van der Waals surface area contributed by atoms with Crippen LogP contribution in [-0.2, 0) is 127 Å². The zero-order valence-corrected chi connectivity index (χ0v) is 81.3. The standard InChI is InChI=1S/C49H71N7O13S2.C27H42N3O9.C20H23N2O3.V/c1-2-19-69-26-44(62)54-36(11-7-8-18-51-42(60)13-6-5-12-41-47-32(28-71-41)23-43(61)56-47)39(58)21-29(14-16-45(63)64)40(59)25-53-35(15-17-46(65)66)38(57)22-30(49(68)55-37(27-70)48(50)67)20-31-24-52-34-10-4-3-9-33(31)34;1-36-15-7-13-25(33)23(11-5-6-14-29-27(35)39-21-9-3-2-4-10-21)30-26(34)20-38-18-17-37-16-8-12-24(32)22(28)19-31;1-14(24)22-20(2,3)19(25)12-21-18(13-23)11-15-8-9-16-6-4-5-7-17(16)10-15;/h3-4,9-10,24,29-30,32,35-37,41,47,52-53,70H,2,5-8,11-23,25-28H2,1H3,(H2,50,67)(H,51,60)(H,54,62)(H,55,68)(H,56,61)(H,63,64)(H,65,66);2-4,9-10,22-23,28,31H,5-8,11-20H2,1H3,(H,29,35)(H,30,34);4-10,18,21H,11-12H2,1-3H3,(H,22,24);/q;2*-1;+2/t29-,30-,32+,35+,36+,37+,41?,47+;22-,23-;18-;/m100./s1. The number of benzene rings is 4. The Hall–Kier alpha value is -10.2. The molecule has 1 unspecified atom stereocenters. The van der Waals surface area contributed by atoms with E-state index in [2.05, 4.69) is 65.5 Å². The van der Waals surface area contributed by atoms with Crippen molar-refractivity contribution in [1.82, 2.24) is 52.8 Å². The number of rotatable bonds is 68. The second kappa shape index (κ2) is 66.4. The van der Waals surface area contributed by atoms with Gasteiger partial charge in [-0.05, 0) is 162 Å². The molecule has 0 saturated carbocycles. The van der Waals surface area contributed by atoms with Gasteiger partial charge in [0.1, 0.15) is 36.6 Å². The van der Waals surface area contributed by atoms with E-state index < -0.39 is 151 Å². The average molecular weight is 1970 g/mol. The van der Waals surface area contributed by atoms with Crippen LogP contribution in [-0.4, -0.2) is 271 Å². The van der Waals surface area contributed by atoms with Gasteiger partial charge < -0.3 is 113 Å². The van der Waals surface area contributed by atoms with Crippen molar-refractivity contribution in [2.75, 3.05) is 97.6 Å². The van der Waals surface area contributed by atoms with Crippen LogP contribution in [0.15, 0.2) is 103 Å². The number of unbranched alkanes of at least 4 members (excludes halogenated alkanes) is 3. The molecule has 7 rings (SSSR count). The number of aliphatic carboxylic acids is 2. The minimum atomic E-state index is -1.27. The number of Topliss-reactive ketones (excluding diaryl/α,β-unsaturated/α-hetero) is 6. The molecule has 4 aromatic carbocycles. The summed E-state index contributed by atoms with van der Waals surface area (Å²) >= 11 is 5.99. The fourth-order valence-electron chi connectivity index (χ4n) is 15.1. The number of ketones is 6. The molecule has 2 aliphatic heterocycles. The number of carbonyl (C=O) groups is 16. The Labute approximate surface area is 815 Å². The number of aromatic amines is 1. The van der Waals surface area contributed by atoms with E-state index in [9.17, 15) is 91.7 Å². The summed E-state index contributed by atoms with van der Waals surface area (Å²) < 4.78 is 26.2. The van der Waals surface area contributed by atoms with Gasteiger partial charge in [0.2, 0.25) is 41.4 Å². The fourth-order valence-corrected chi connectivity index (χ4v) is 17.0. The van der Waals surface area contributed by atoms with Crippen LogP contribution in [0.3, 0.4) is 0 Å². The third-order valence-corrected chi connectivity index (χ3v) is 24.4. The van der Waals surface area contributed by atoms with Gasteiger partial charge in [0.05, 0.1) is 50.0 Å². The predicted octanol–water partition coefficient (Wildman–Crippen LogP) is 6.55. The molecule has 37 nitrogen and oxygen atoms in total. The maximum absolute atomic E-state index is 14.1. The van der Waals surface area contributed by atoms with Crippen molar-refractivity contribution >= 4 is 146 Å². The van der Waals surface area contributed by atoms with Crippen LogP contribution in [0.5, 0.6) is 5.75 Å². The number of methoxy groups -OCH3 is 1. The van der Waals surface area contributed by atoms with Crippen molar-refractivity contribution in [2.24, 2.45) is 23.5 Å². The summed E-state index contributed by atoms with van der Waals surface area (Å²) in [4.78, 5) is 214. The Morgan fingerprint density at radius 2 is 1.24 bits per heavy atom. The number of thiol groups is 1. The number of carboxylic acid groups (broad SMARTS) is 2. The summed E-state index contributed by atoms with van der Waals surface area (Å²) in [6.07, 6.45) is 9.32. The third-order valence-electron chi connectivity index (χ3n) is 22.5. The van der Waals surface area contributed by atoms with E-state index in [1.54, 1.807) is 51.4 Å². The first-order chi connectivity index (χ1) is 64.7. The van der Waals surface area contributed by atoms with E-state index >= 15 is 0 Å². The molecule has 1 aromatic heterocycles. The number of primary amides is 1. The maximum atomic E-state index is 14.1. The number of hydrogen-bond acceptors (Lipinski definition) is 27. The molecule has 747 valence electrons. The molecule has 3 heterocycles. The summed E-state index contributed by atoms with van der Waals surface area (Å²) in [6, 6.07) is 24.4. The SMILES string of the molecule is CC(=O)NC(C)(C)C(=O)CN[C@H]([C-]=O)Cc1ccc2ccccc2c1.CCCOCC(=O)N[C@@H](CCCCNC(=O)CCCCC1SC[C@@H]2CC(=O)N[C@H]12)C(=O)C[C@@H](CCC(=O)O)C(=O)CN[C@@H](CCC(=O)O)C(=O)C[C@@H](Cc1c[nH]c2ccccc12)C(=O)N[C@@H](CS)C(N)=O.COCCCC(=O)[C@H](CCCCNC(=O)Oc1ccccc1)NC(=O)COCCOCCCC(=O)[C@@H]([NH-])CO.[V+2]. The number of nitrogens with one attached hydrogen (secondary N) is 11. The topological polar surface area (TPSA) is 571 Å². The largest absolute Gasteiger partial charge is 2.00 e. The van der Waals surface area contributed by atoms with Crippen LogP contribution in [0.2, 0.25) is 0 Å². The van der Waals surface area contributed by atoms with Crippen molar-refractivity contribution < 1.29 is 139 Å². The smallest absolute Gasteiger partial charge is 0.667 e. The number of carboxylic acids is 2. The van der Waals surface area contributed by atoms with Gasteiger partial charge in [-0.2, -0.15) is 24.4 Å². The number of aliphatic hydroxyl groups excluding tert-OH is 1. The Morgan fingerprint density at radius 1 is 0.625 bits per heavy atom. The Morgan fingerprint density at radius 3 is 1.90 bits per heavy atom. The third kappa shape index (κ3) is 46.8. The zero-order valence-electron chi connectivity index (χ0n) is 78.2. The number of thioether (sulfide) groups is 1. The zero-order chi connectivity index (χ0) is 99.0. The van der Waals surface area contributed by atoms with Crippen LogP contribution in [0, 0.1) is 17.8 Å². The Kier molecular flexibility index (Phi) is 57.7. The van der Waals surface area contributed by atoms with Crippen molar-refractivity contribution in [3.8, 4) is 5.75 Å². The number of carbonyl (C=O) groups excluding carboxylic acids is 15. The number of hydrogen-bond donors (Lipinski definition) is 15. The van der Waals surface area contributed by atoms with Crippen LogP contribution in [0.4, 0.5) is 4.79 Å². The summed E-state index contributed by atoms with van der Waals surface area (Å²) in [5.41, 5.74) is 14.3. The number of aromatic nitrogens is 1. The Balaban J connectivity index is 0.000000493. The second-order valence-electron chi connectivity index (χ2n) is 33.8. The average Bonchev–Trinajstić information content (AvgIpc) is 1.67. The molecule has 2 aliphatic rings. The minimum Gasteiger partial charge on any atom is -0.667 e.